The van der Waals surface area contributed by atoms with Crippen LogP contribution in [0.5, 0.6) is 5.75 Å². The van der Waals surface area contributed by atoms with Gasteiger partial charge in [0.2, 0.25) is 11.9 Å². The van der Waals surface area contributed by atoms with Crippen LogP contribution >= 0.6 is 11.6 Å². The Kier molecular flexibility index (Phi) is 7.03. The Labute approximate surface area is 198 Å². The van der Waals surface area contributed by atoms with Crippen molar-refractivity contribution in [2.45, 2.75) is 13.0 Å². The van der Waals surface area contributed by atoms with Crippen LogP contribution in [0.1, 0.15) is 18.5 Å². The fourth-order valence-electron chi connectivity index (χ4n) is 4.19. The fourth-order valence-corrected chi connectivity index (χ4v) is 4.31. The zero-order valence-electron chi connectivity index (χ0n) is 18.7. The standard InChI is InChI=1S/C24H27ClN4O4/c1-3-33-23(31)20-21(18-6-4-5-7-19(18)32-2)26-24(27-22(20)30)29-14-12-28(13-15-29)17-10-8-16(25)9-11-17/h4-11,20-21H,3,12-15H2,1-2H3,(H,26,27,30)/t20-,21-/m1/s1. The fraction of sp³-hybridized carbons (Fsp3) is 0.375. The quantitative estimate of drug-likeness (QED) is 0.534. The third kappa shape index (κ3) is 4.90. The molecule has 1 fully saturated rings. The van der Waals surface area contributed by atoms with E-state index in [0.29, 0.717) is 35.4 Å². The maximum absolute atomic E-state index is 13.1. The van der Waals surface area contributed by atoms with E-state index in [1.165, 1.54) is 0 Å². The van der Waals surface area contributed by atoms with Gasteiger partial charge in [-0.2, -0.15) is 0 Å². The maximum Gasteiger partial charge on any atom is 0.321 e. The van der Waals surface area contributed by atoms with E-state index in [4.69, 9.17) is 26.1 Å². The Morgan fingerprint density at radius 1 is 1.09 bits per heavy atom. The summed E-state index contributed by atoms with van der Waals surface area (Å²) in [7, 11) is 1.56. The van der Waals surface area contributed by atoms with Crippen LogP contribution in [0.15, 0.2) is 53.5 Å². The molecule has 0 aromatic heterocycles. The van der Waals surface area contributed by atoms with Crippen LogP contribution in [0.3, 0.4) is 0 Å². The number of benzene rings is 2. The number of nitrogens with one attached hydrogen (secondary N) is 1. The summed E-state index contributed by atoms with van der Waals surface area (Å²) in [5, 5.41) is 3.54. The van der Waals surface area contributed by atoms with E-state index in [0.717, 1.165) is 18.8 Å². The van der Waals surface area contributed by atoms with Crippen LogP contribution in [0.2, 0.25) is 5.02 Å². The highest BCUT2D eigenvalue weighted by Crippen LogP contribution is 2.36. The first-order valence-electron chi connectivity index (χ1n) is 11.0. The van der Waals surface area contributed by atoms with E-state index in [2.05, 4.69) is 10.2 Å². The van der Waals surface area contributed by atoms with E-state index in [9.17, 15) is 9.59 Å². The Hall–Kier alpha value is -3.26. The second-order valence-electron chi connectivity index (χ2n) is 7.81. The third-order valence-corrected chi connectivity index (χ3v) is 6.12. The van der Waals surface area contributed by atoms with Crippen molar-refractivity contribution in [3.8, 4) is 5.75 Å². The lowest BCUT2D eigenvalue weighted by Crippen LogP contribution is -2.57. The zero-order valence-corrected chi connectivity index (χ0v) is 19.4. The number of rotatable bonds is 5. The third-order valence-electron chi connectivity index (χ3n) is 5.86. The molecule has 2 atom stereocenters. The number of nitrogens with zero attached hydrogens (tertiary/aromatic N) is 3. The van der Waals surface area contributed by atoms with Crippen LogP contribution in [-0.4, -0.2) is 62.6 Å². The molecular weight excluding hydrogens is 444 g/mol. The first kappa shape index (κ1) is 22.9. The van der Waals surface area contributed by atoms with Crippen LogP contribution in [0, 0.1) is 5.92 Å². The molecule has 33 heavy (non-hydrogen) atoms. The van der Waals surface area contributed by atoms with Crippen LogP contribution in [0.25, 0.3) is 0 Å². The molecule has 9 heteroatoms. The van der Waals surface area contributed by atoms with Crippen LogP contribution in [0.4, 0.5) is 5.69 Å². The molecule has 0 bridgehead atoms. The molecule has 0 radical (unpaired) electrons. The molecule has 0 spiro atoms. The Morgan fingerprint density at radius 3 is 2.42 bits per heavy atom. The number of carbonyl (C=O) groups excluding carboxylic acids is 2. The van der Waals surface area contributed by atoms with Crippen molar-refractivity contribution >= 4 is 35.1 Å². The average Bonchev–Trinajstić information content (AvgIpc) is 2.84. The van der Waals surface area contributed by atoms with Gasteiger partial charge < -0.3 is 19.3 Å². The van der Waals surface area contributed by atoms with Gasteiger partial charge in [0.15, 0.2) is 5.92 Å². The number of guanidine groups is 1. The number of para-hydroxylation sites is 1. The van der Waals surface area contributed by atoms with E-state index < -0.39 is 23.8 Å². The molecular formula is C24H27ClN4O4. The summed E-state index contributed by atoms with van der Waals surface area (Å²) < 4.78 is 10.7. The number of piperazine rings is 1. The highest BCUT2D eigenvalue weighted by Gasteiger charge is 2.43. The summed E-state index contributed by atoms with van der Waals surface area (Å²) in [6, 6.07) is 14.3. The molecule has 1 amide bonds. The van der Waals surface area contributed by atoms with Gasteiger partial charge in [0.05, 0.1) is 13.7 Å². The lowest BCUT2D eigenvalue weighted by atomic mass is 9.90. The number of carbonyl (C=O) groups is 2. The number of amides is 1. The molecule has 0 unspecified atom stereocenters. The minimum absolute atomic E-state index is 0.185. The molecule has 8 nitrogen and oxygen atoms in total. The molecule has 2 heterocycles. The highest BCUT2D eigenvalue weighted by molar-refractivity contribution is 6.30. The largest absolute Gasteiger partial charge is 0.496 e. The van der Waals surface area contributed by atoms with E-state index in [-0.39, 0.29) is 6.61 Å². The van der Waals surface area contributed by atoms with Gasteiger partial charge in [-0.3, -0.25) is 14.9 Å². The normalized spacial score (nSPS) is 20.7. The van der Waals surface area contributed by atoms with Gasteiger partial charge in [0.25, 0.3) is 0 Å². The molecule has 2 aliphatic rings. The van der Waals surface area contributed by atoms with Gasteiger partial charge >= 0.3 is 5.97 Å². The van der Waals surface area contributed by atoms with Gasteiger partial charge in [0.1, 0.15) is 11.8 Å². The number of hydrogen-bond acceptors (Lipinski definition) is 7. The van der Waals surface area contributed by atoms with Gasteiger partial charge in [0, 0.05) is 42.5 Å². The first-order chi connectivity index (χ1) is 16.0. The molecule has 174 valence electrons. The number of anilines is 1. The lowest BCUT2D eigenvalue weighted by Gasteiger charge is -2.39. The van der Waals surface area contributed by atoms with Crippen molar-refractivity contribution in [1.82, 2.24) is 10.2 Å². The van der Waals surface area contributed by atoms with Gasteiger partial charge in [-0.25, -0.2) is 4.99 Å². The number of ether oxygens (including phenoxy) is 2. The maximum atomic E-state index is 13.1. The summed E-state index contributed by atoms with van der Waals surface area (Å²) in [5.74, 6) is -1.06. The summed E-state index contributed by atoms with van der Waals surface area (Å²) in [6.07, 6.45) is 0. The van der Waals surface area contributed by atoms with Gasteiger partial charge in [-0.05, 0) is 37.3 Å². The minimum Gasteiger partial charge on any atom is -0.496 e. The zero-order chi connectivity index (χ0) is 23.4. The summed E-state index contributed by atoms with van der Waals surface area (Å²) >= 11 is 6.00. The molecule has 0 aliphatic carbocycles. The first-order valence-corrected chi connectivity index (χ1v) is 11.3. The van der Waals surface area contributed by atoms with Crippen molar-refractivity contribution in [3.63, 3.8) is 0 Å². The predicted octanol–water partition coefficient (Wildman–Crippen LogP) is 2.88. The molecule has 0 saturated carbocycles. The van der Waals surface area contributed by atoms with Crippen molar-refractivity contribution in [3.05, 3.63) is 59.1 Å². The van der Waals surface area contributed by atoms with Crippen molar-refractivity contribution in [2.24, 2.45) is 10.9 Å². The van der Waals surface area contributed by atoms with Crippen molar-refractivity contribution in [1.29, 1.82) is 0 Å². The van der Waals surface area contributed by atoms with Crippen LogP contribution in [-0.2, 0) is 14.3 Å². The summed E-state index contributed by atoms with van der Waals surface area (Å²) in [6.45, 7) is 4.76. The monoisotopic (exact) mass is 470 g/mol. The Bertz CT molecular complexity index is 1040. The predicted molar refractivity (Wildman–Crippen MR) is 127 cm³/mol. The second-order valence-corrected chi connectivity index (χ2v) is 8.25. The van der Waals surface area contributed by atoms with E-state index in [1.807, 2.05) is 47.4 Å². The molecule has 2 aromatic rings. The lowest BCUT2D eigenvalue weighted by molar-refractivity contribution is -0.153. The minimum atomic E-state index is -1.08. The van der Waals surface area contributed by atoms with Gasteiger partial charge in [-0.15, -0.1) is 0 Å². The molecule has 1 saturated heterocycles. The smallest absolute Gasteiger partial charge is 0.321 e. The Morgan fingerprint density at radius 2 is 1.76 bits per heavy atom. The summed E-state index contributed by atoms with van der Waals surface area (Å²) in [5.41, 5.74) is 1.77. The number of hydrogen-bond donors (Lipinski definition) is 1. The van der Waals surface area contributed by atoms with E-state index >= 15 is 0 Å². The topological polar surface area (TPSA) is 83.5 Å². The average molecular weight is 471 g/mol. The number of halogens is 1. The highest BCUT2D eigenvalue weighted by atomic mass is 35.5. The Balaban J connectivity index is 1.59. The van der Waals surface area contributed by atoms with Crippen molar-refractivity contribution in [2.75, 3.05) is 44.8 Å². The summed E-state index contributed by atoms with van der Waals surface area (Å²) in [4.78, 5) is 34.9. The molecule has 4 rings (SSSR count). The van der Waals surface area contributed by atoms with E-state index in [1.54, 1.807) is 20.1 Å². The van der Waals surface area contributed by atoms with Gasteiger partial charge in [-0.1, -0.05) is 29.8 Å². The van der Waals surface area contributed by atoms with Crippen molar-refractivity contribution < 1.29 is 19.1 Å². The molecule has 2 aromatic carbocycles. The van der Waals surface area contributed by atoms with Crippen LogP contribution < -0.4 is 15.0 Å². The molecule has 2 aliphatic heterocycles. The number of esters is 1. The SMILES string of the molecule is CCOC(=O)[C@H]1C(=O)NC(N2CCN(c3ccc(Cl)cc3)CC2)=N[C@@H]1c1ccccc1OC. The molecule has 1 N–H and O–H groups in total. The number of methoxy groups -OCH3 is 1. The number of aliphatic imine (C=N–C) groups is 1. The second kappa shape index (κ2) is 10.1.